The Kier molecular flexibility index (Phi) is 7.69. The normalized spacial score (nSPS) is 11.3. The van der Waals surface area contributed by atoms with E-state index < -0.39 is 11.2 Å². The number of thioether (sulfide) groups is 1. The van der Waals surface area contributed by atoms with Gasteiger partial charge in [-0.25, -0.2) is 4.79 Å². The maximum atomic E-state index is 12.6. The zero-order valence-electron chi connectivity index (χ0n) is 17.0. The molecule has 0 saturated carbocycles. The van der Waals surface area contributed by atoms with Gasteiger partial charge in [-0.15, -0.1) is 11.8 Å². The number of anilines is 3. The second kappa shape index (κ2) is 10.7. The van der Waals surface area contributed by atoms with Crippen LogP contribution in [0.1, 0.15) is 17.3 Å². The van der Waals surface area contributed by atoms with Gasteiger partial charge in [0.15, 0.2) is 5.11 Å². The molecule has 7 nitrogen and oxygen atoms in total. The highest BCUT2D eigenvalue weighted by Crippen LogP contribution is 2.27. The Labute approximate surface area is 194 Å². The number of amides is 1. The minimum absolute atomic E-state index is 0.276. The third kappa shape index (κ3) is 6.47. The van der Waals surface area contributed by atoms with E-state index >= 15 is 0 Å². The molecule has 3 rings (SSSR count). The molecule has 164 valence electrons. The van der Waals surface area contributed by atoms with Crippen LogP contribution >= 0.6 is 24.0 Å². The van der Waals surface area contributed by atoms with Crippen LogP contribution in [0.4, 0.5) is 17.1 Å². The van der Waals surface area contributed by atoms with E-state index in [2.05, 4.69) is 16.0 Å². The van der Waals surface area contributed by atoms with Crippen molar-refractivity contribution in [2.24, 2.45) is 0 Å². The Hall–Kier alpha value is -3.56. The van der Waals surface area contributed by atoms with Crippen LogP contribution in [0.3, 0.4) is 0 Å². The van der Waals surface area contributed by atoms with Crippen molar-refractivity contribution in [1.82, 2.24) is 0 Å². The molecular formula is C23H21N3O4S2. The molecule has 0 aliphatic heterocycles. The Morgan fingerprint density at radius 3 is 2.25 bits per heavy atom. The molecule has 0 bridgehead atoms. The van der Waals surface area contributed by atoms with E-state index in [1.165, 1.54) is 30.0 Å². The molecule has 1 atom stereocenters. The molecule has 9 heteroatoms. The van der Waals surface area contributed by atoms with Gasteiger partial charge >= 0.3 is 5.97 Å². The Morgan fingerprint density at radius 1 is 0.875 bits per heavy atom. The van der Waals surface area contributed by atoms with E-state index in [1.807, 2.05) is 54.6 Å². The number of carboxylic acids is 1. The van der Waals surface area contributed by atoms with Gasteiger partial charge in [0.05, 0.1) is 5.25 Å². The first kappa shape index (κ1) is 23.1. The molecule has 0 spiro atoms. The number of aromatic carboxylic acids is 1. The molecule has 3 aromatic carbocycles. The number of rotatable bonds is 7. The SMILES string of the molecule is CC(Sc1cccc(NC(=S)Nc2ccccc2)c1)C(=O)Nc1ccc(O)c(C(=O)O)c1. The summed E-state index contributed by atoms with van der Waals surface area (Å²) in [7, 11) is 0. The van der Waals surface area contributed by atoms with Gasteiger partial charge in [-0.05, 0) is 67.7 Å². The van der Waals surface area contributed by atoms with Crippen LogP contribution in [0, 0.1) is 0 Å². The van der Waals surface area contributed by atoms with E-state index in [9.17, 15) is 14.7 Å². The van der Waals surface area contributed by atoms with Crippen molar-refractivity contribution in [3.63, 3.8) is 0 Å². The lowest BCUT2D eigenvalue weighted by Crippen LogP contribution is -2.22. The number of aromatic hydroxyl groups is 1. The van der Waals surface area contributed by atoms with Gasteiger partial charge in [0.2, 0.25) is 5.91 Å². The van der Waals surface area contributed by atoms with Gasteiger partial charge in [-0.2, -0.15) is 0 Å². The topological polar surface area (TPSA) is 111 Å². The average Bonchev–Trinajstić information content (AvgIpc) is 2.75. The summed E-state index contributed by atoms with van der Waals surface area (Å²) in [6.07, 6.45) is 0. The van der Waals surface area contributed by atoms with E-state index in [0.717, 1.165) is 16.3 Å². The largest absolute Gasteiger partial charge is 0.507 e. The number of phenols is 1. The van der Waals surface area contributed by atoms with Crippen molar-refractivity contribution in [2.75, 3.05) is 16.0 Å². The molecule has 0 aliphatic carbocycles. The van der Waals surface area contributed by atoms with Crippen LogP contribution in [0.25, 0.3) is 0 Å². The number of carboxylic acid groups (broad SMARTS) is 1. The molecular weight excluding hydrogens is 446 g/mol. The Morgan fingerprint density at radius 2 is 1.53 bits per heavy atom. The van der Waals surface area contributed by atoms with E-state index in [0.29, 0.717) is 10.8 Å². The van der Waals surface area contributed by atoms with Crippen molar-refractivity contribution in [2.45, 2.75) is 17.1 Å². The molecule has 3 aromatic rings. The number of hydrogen-bond acceptors (Lipinski definition) is 5. The van der Waals surface area contributed by atoms with E-state index in [1.54, 1.807) is 6.92 Å². The van der Waals surface area contributed by atoms with Gasteiger partial charge in [0, 0.05) is 22.0 Å². The maximum Gasteiger partial charge on any atom is 0.339 e. The van der Waals surface area contributed by atoms with Crippen molar-refractivity contribution >= 4 is 58.0 Å². The summed E-state index contributed by atoms with van der Waals surface area (Å²) in [5.41, 5.74) is 1.68. The molecule has 0 aliphatic rings. The lowest BCUT2D eigenvalue weighted by molar-refractivity contribution is -0.115. The van der Waals surface area contributed by atoms with Crippen LogP contribution in [0.15, 0.2) is 77.7 Å². The fourth-order valence-corrected chi connectivity index (χ4v) is 3.91. The van der Waals surface area contributed by atoms with Gasteiger partial charge in [0.25, 0.3) is 0 Å². The first-order valence-corrected chi connectivity index (χ1v) is 10.9. The molecule has 0 radical (unpaired) electrons. The number of carbonyl (C=O) groups excluding carboxylic acids is 1. The summed E-state index contributed by atoms with van der Waals surface area (Å²) >= 11 is 6.70. The summed E-state index contributed by atoms with van der Waals surface area (Å²) in [6, 6.07) is 21.0. The van der Waals surface area contributed by atoms with Crippen LogP contribution < -0.4 is 16.0 Å². The van der Waals surface area contributed by atoms with Crippen LogP contribution in [-0.2, 0) is 4.79 Å². The number of hydrogen-bond donors (Lipinski definition) is 5. The summed E-state index contributed by atoms with van der Waals surface area (Å²) in [5.74, 6) is -1.93. The highest BCUT2D eigenvalue weighted by molar-refractivity contribution is 8.00. The summed E-state index contributed by atoms with van der Waals surface area (Å²) in [4.78, 5) is 24.6. The van der Waals surface area contributed by atoms with Crippen molar-refractivity contribution in [3.05, 3.63) is 78.4 Å². The number of nitrogens with one attached hydrogen (secondary N) is 3. The van der Waals surface area contributed by atoms with Gasteiger partial charge in [-0.3, -0.25) is 4.79 Å². The lowest BCUT2D eigenvalue weighted by atomic mass is 10.2. The number of benzene rings is 3. The second-order valence-corrected chi connectivity index (χ2v) is 8.58. The van der Waals surface area contributed by atoms with Crippen LogP contribution in [0.5, 0.6) is 5.75 Å². The monoisotopic (exact) mass is 467 g/mol. The minimum Gasteiger partial charge on any atom is -0.507 e. The molecule has 0 aromatic heterocycles. The van der Waals surface area contributed by atoms with E-state index in [-0.39, 0.29) is 17.2 Å². The minimum atomic E-state index is -1.27. The Balaban J connectivity index is 1.59. The highest BCUT2D eigenvalue weighted by Gasteiger charge is 2.17. The lowest BCUT2D eigenvalue weighted by Gasteiger charge is -2.14. The predicted molar refractivity (Wildman–Crippen MR) is 132 cm³/mol. The number of thiocarbonyl (C=S) groups is 1. The zero-order chi connectivity index (χ0) is 23.1. The molecule has 1 amide bonds. The van der Waals surface area contributed by atoms with Gasteiger partial charge in [0.1, 0.15) is 11.3 Å². The maximum absolute atomic E-state index is 12.6. The third-order valence-corrected chi connectivity index (χ3v) is 5.60. The van der Waals surface area contributed by atoms with Crippen LogP contribution in [-0.4, -0.2) is 32.5 Å². The first-order chi connectivity index (χ1) is 15.3. The van der Waals surface area contributed by atoms with Crippen molar-refractivity contribution in [1.29, 1.82) is 0 Å². The molecule has 5 N–H and O–H groups in total. The fourth-order valence-electron chi connectivity index (χ4n) is 2.75. The van der Waals surface area contributed by atoms with Crippen molar-refractivity contribution in [3.8, 4) is 5.75 Å². The molecule has 0 fully saturated rings. The summed E-state index contributed by atoms with van der Waals surface area (Å²) in [6.45, 7) is 1.75. The Bertz CT molecular complexity index is 1140. The zero-order valence-corrected chi connectivity index (χ0v) is 18.7. The number of carbonyl (C=O) groups is 2. The van der Waals surface area contributed by atoms with Crippen LogP contribution in [0.2, 0.25) is 0 Å². The third-order valence-electron chi connectivity index (χ3n) is 4.30. The average molecular weight is 468 g/mol. The standard InChI is InChI=1S/C23H21N3O4S2/c1-14(21(28)24-17-10-11-20(27)19(13-17)22(29)30)32-18-9-5-8-16(12-18)26-23(31)25-15-6-3-2-4-7-15/h2-14,27H,1H3,(H,24,28)(H,29,30)(H2,25,26,31). The molecule has 32 heavy (non-hydrogen) atoms. The summed E-state index contributed by atoms with van der Waals surface area (Å²) in [5, 5.41) is 27.6. The first-order valence-electron chi connectivity index (χ1n) is 9.59. The van der Waals surface area contributed by atoms with Gasteiger partial charge in [-0.1, -0.05) is 24.3 Å². The second-order valence-electron chi connectivity index (χ2n) is 6.76. The van der Waals surface area contributed by atoms with Crippen molar-refractivity contribution < 1.29 is 19.8 Å². The predicted octanol–water partition coefficient (Wildman–Crippen LogP) is 5.02. The quantitative estimate of drug-likeness (QED) is 0.187. The smallest absolute Gasteiger partial charge is 0.339 e. The molecule has 1 unspecified atom stereocenters. The molecule has 0 saturated heterocycles. The van der Waals surface area contributed by atoms with E-state index in [4.69, 9.17) is 17.3 Å². The fraction of sp³-hybridized carbons (Fsp3) is 0.0870. The summed E-state index contributed by atoms with van der Waals surface area (Å²) < 4.78 is 0. The highest BCUT2D eigenvalue weighted by atomic mass is 32.2. The number of para-hydroxylation sites is 1. The molecule has 0 heterocycles. The van der Waals surface area contributed by atoms with Gasteiger partial charge < -0.3 is 26.2 Å².